The Balaban J connectivity index is 2.11. The Kier molecular flexibility index (Phi) is 4.83. The number of imidazole rings is 1. The average Bonchev–Trinajstić information content (AvgIpc) is 2.88. The van der Waals surface area contributed by atoms with E-state index in [4.69, 9.17) is 34.8 Å². The van der Waals surface area contributed by atoms with E-state index < -0.39 is 5.60 Å². The number of rotatable bonds is 4. The highest BCUT2D eigenvalue weighted by Crippen LogP contribution is 2.34. The van der Waals surface area contributed by atoms with Crippen molar-refractivity contribution in [1.82, 2.24) is 9.55 Å². The molecule has 0 fully saturated rings. The van der Waals surface area contributed by atoms with Gasteiger partial charge in [0.15, 0.2) is 5.15 Å². The van der Waals surface area contributed by atoms with Crippen molar-refractivity contribution in [2.24, 2.45) is 0 Å². The molecule has 0 radical (unpaired) electrons. The summed E-state index contributed by atoms with van der Waals surface area (Å²) in [5.74, 6) is -0.388. The zero-order valence-corrected chi connectivity index (χ0v) is 14.5. The molecular weight excluding hydrogens is 374 g/mol. The lowest BCUT2D eigenvalue weighted by Gasteiger charge is -2.30. The zero-order valence-electron chi connectivity index (χ0n) is 12.3. The lowest BCUT2D eigenvalue weighted by Crippen LogP contribution is -2.32. The van der Waals surface area contributed by atoms with Crippen molar-refractivity contribution >= 4 is 34.8 Å². The summed E-state index contributed by atoms with van der Waals surface area (Å²) < 4.78 is 14.8. The number of hydrogen-bond acceptors (Lipinski definition) is 2. The molecule has 124 valence electrons. The van der Waals surface area contributed by atoms with Crippen LogP contribution < -0.4 is 0 Å². The van der Waals surface area contributed by atoms with Crippen LogP contribution in [0.4, 0.5) is 4.39 Å². The molecule has 1 atom stereocenters. The second kappa shape index (κ2) is 6.73. The van der Waals surface area contributed by atoms with Crippen LogP contribution >= 0.6 is 34.8 Å². The number of hydrogen-bond donors (Lipinski definition) is 1. The molecule has 0 saturated carbocycles. The van der Waals surface area contributed by atoms with Crippen molar-refractivity contribution in [3.05, 3.63) is 87.1 Å². The van der Waals surface area contributed by atoms with E-state index in [1.54, 1.807) is 24.3 Å². The predicted octanol–water partition coefficient (Wildman–Crippen LogP) is 4.92. The Hall–Kier alpha value is -1.59. The molecule has 24 heavy (non-hydrogen) atoms. The van der Waals surface area contributed by atoms with Gasteiger partial charge in [-0.05, 0) is 35.4 Å². The first-order valence-corrected chi connectivity index (χ1v) is 8.14. The fourth-order valence-electron chi connectivity index (χ4n) is 2.50. The van der Waals surface area contributed by atoms with Crippen LogP contribution in [0.15, 0.2) is 54.9 Å². The third kappa shape index (κ3) is 3.28. The van der Waals surface area contributed by atoms with Gasteiger partial charge in [0.1, 0.15) is 16.6 Å². The number of halogens is 4. The van der Waals surface area contributed by atoms with Gasteiger partial charge < -0.3 is 9.67 Å². The van der Waals surface area contributed by atoms with Crippen molar-refractivity contribution in [2.45, 2.75) is 12.1 Å². The molecule has 2 aromatic carbocycles. The monoisotopic (exact) mass is 384 g/mol. The van der Waals surface area contributed by atoms with Crippen LogP contribution in [0.1, 0.15) is 11.1 Å². The van der Waals surface area contributed by atoms with Gasteiger partial charge >= 0.3 is 0 Å². The SMILES string of the molecule is O[C@](Cn1cnc(Cl)c1Cl)(c1ccc(F)cc1)c1ccc(Cl)cc1. The van der Waals surface area contributed by atoms with E-state index in [1.165, 1.54) is 35.2 Å². The Morgan fingerprint density at radius 1 is 0.958 bits per heavy atom. The van der Waals surface area contributed by atoms with E-state index in [2.05, 4.69) is 4.98 Å². The Morgan fingerprint density at radius 3 is 2.00 bits per heavy atom. The topological polar surface area (TPSA) is 38.0 Å². The van der Waals surface area contributed by atoms with Crippen molar-refractivity contribution in [3.63, 3.8) is 0 Å². The molecule has 0 saturated heterocycles. The molecule has 1 heterocycles. The highest BCUT2D eigenvalue weighted by Gasteiger charge is 2.33. The minimum atomic E-state index is -1.47. The van der Waals surface area contributed by atoms with Crippen molar-refractivity contribution in [2.75, 3.05) is 0 Å². The lowest BCUT2D eigenvalue weighted by atomic mass is 9.86. The fraction of sp³-hybridized carbons (Fsp3) is 0.118. The molecule has 1 aromatic heterocycles. The normalized spacial score (nSPS) is 13.7. The third-order valence-electron chi connectivity index (χ3n) is 3.78. The quantitative estimate of drug-likeness (QED) is 0.692. The largest absolute Gasteiger partial charge is 0.378 e. The minimum Gasteiger partial charge on any atom is -0.378 e. The summed E-state index contributed by atoms with van der Waals surface area (Å²) in [6.07, 6.45) is 1.44. The van der Waals surface area contributed by atoms with Crippen molar-refractivity contribution < 1.29 is 9.50 Å². The standard InChI is InChI=1S/C17H12Cl3FN2O/c18-13-5-1-11(2-6-13)17(24,12-3-7-14(21)8-4-12)9-23-10-22-15(19)16(23)20/h1-8,10,24H,9H2/t17-/m0/s1. The molecule has 3 nitrogen and oxygen atoms in total. The van der Waals surface area contributed by atoms with Gasteiger partial charge in [0.05, 0.1) is 12.9 Å². The summed E-state index contributed by atoms with van der Waals surface area (Å²) in [6.45, 7) is 0.0544. The van der Waals surface area contributed by atoms with Gasteiger partial charge in [0.25, 0.3) is 0 Å². The molecule has 3 aromatic rings. The summed E-state index contributed by atoms with van der Waals surface area (Å²) >= 11 is 17.9. The Labute approximate surface area is 153 Å². The highest BCUT2D eigenvalue weighted by molar-refractivity contribution is 6.40. The molecule has 0 aliphatic heterocycles. The van der Waals surface area contributed by atoms with Crippen LogP contribution in [0, 0.1) is 5.82 Å². The molecule has 3 rings (SSSR count). The highest BCUT2D eigenvalue weighted by atomic mass is 35.5. The van der Waals surface area contributed by atoms with E-state index in [9.17, 15) is 9.50 Å². The maximum Gasteiger partial charge on any atom is 0.166 e. The van der Waals surface area contributed by atoms with Crippen LogP contribution in [0.25, 0.3) is 0 Å². The summed E-state index contributed by atoms with van der Waals surface area (Å²) in [5.41, 5.74) is -0.377. The molecule has 0 bridgehead atoms. The van der Waals surface area contributed by atoms with E-state index in [1.807, 2.05) is 0 Å². The number of aromatic nitrogens is 2. The van der Waals surface area contributed by atoms with Crippen LogP contribution in [0.2, 0.25) is 15.3 Å². The molecule has 0 aliphatic rings. The summed E-state index contributed by atoms with van der Waals surface area (Å²) in [6, 6.07) is 12.4. The molecule has 0 unspecified atom stereocenters. The lowest BCUT2D eigenvalue weighted by molar-refractivity contribution is 0.0612. The maximum absolute atomic E-state index is 13.3. The van der Waals surface area contributed by atoms with Crippen LogP contribution in [0.3, 0.4) is 0 Å². The van der Waals surface area contributed by atoms with E-state index >= 15 is 0 Å². The number of aliphatic hydroxyl groups is 1. The van der Waals surface area contributed by atoms with Crippen LogP contribution in [0.5, 0.6) is 0 Å². The predicted molar refractivity (Wildman–Crippen MR) is 93.1 cm³/mol. The number of benzene rings is 2. The molecule has 0 aliphatic carbocycles. The average molecular weight is 386 g/mol. The van der Waals surface area contributed by atoms with Gasteiger partial charge in [-0.3, -0.25) is 0 Å². The van der Waals surface area contributed by atoms with Gasteiger partial charge in [0, 0.05) is 5.02 Å². The van der Waals surface area contributed by atoms with E-state index in [0.29, 0.717) is 16.1 Å². The van der Waals surface area contributed by atoms with Gasteiger partial charge in [-0.25, -0.2) is 9.37 Å². The third-order valence-corrected chi connectivity index (χ3v) is 4.80. The second-order valence-electron chi connectivity index (χ2n) is 5.33. The second-order valence-corrected chi connectivity index (χ2v) is 6.48. The Morgan fingerprint density at radius 2 is 1.50 bits per heavy atom. The van der Waals surface area contributed by atoms with Crippen LogP contribution in [-0.2, 0) is 12.1 Å². The van der Waals surface area contributed by atoms with Gasteiger partial charge in [0.2, 0.25) is 0 Å². The maximum atomic E-state index is 13.3. The van der Waals surface area contributed by atoms with E-state index in [-0.39, 0.29) is 22.7 Å². The van der Waals surface area contributed by atoms with Crippen molar-refractivity contribution in [1.29, 1.82) is 0 Å². The van der Waals surface area contributed by atoms with E-state index in [0.717, 1.165) is 0 Å². The molecule has 0 spiro atoms. The molecule has 7 heteroatoms. The summed E-state index contributed by atoms with van der Waals surface area (Å²) in [7, 11) is 0. The first-order chi connectivity index (χ1) is 11.4. The first kappa shape index (κ1) is 17.2. The van der Waals surface area contributed by atoms with Gasteiger partial charge in [-0.2, -0.15) is 0 Å². The molecule has 0 amide bonds. The van der Waals surface area contributed by atoms with Crippen molar-refractivity contribution in [3.8, 4) is 0 Å². The minimum absolute atomic E-state index is 0.0544. The molecule has 1 N–H and O–H groups in total. The molecular formula is C17H12Cl3FN2O. The van der Waals surface area contributed by atoms with Gasteiger partial charge in [-0.1, -0.05) is 59.1 Å². The summed E-state index contributed by atoms with van der Waals surface area (Å²) in [4.78, 5) is 3.92. The first-order valence-electron chi connectivity index (χ1n) is 7.01. The summed E-state index contributed by atoms with van der Waals surface area (Å²) in [5, 5.41) is 12.3. The smallest absolute Gasteiger partial charge is 0.166 e. The Bertz CT molecular complexity index is 802. The number of nitrogens with zero attached hydrogens (tertiary/aromatic N) is 2. The zero-order chi connectivity index (χ0) is 17.3. The van der Waals surface area contributed by atoms with Crippen LogP contribution in [-0.4, -0.2) is 14.7 Å². The van der Waals surface area contributed by atoms with Gasteiger partial charge in [-0.15, -0.1) is 0 Å². The fourth-order valence-corrected chi connectivity index (χ4v) is 2.93.